The highest BCUT2D eigenvalue weighted by atomic mass is 16.5. The molecule has 4 aromatic carbocycles. The van der Waals surface area contributed by atoms with Gasteiger partial charge in [-0.3, -0.25) is 9.69 Å². The Morgan fingerprint density at radius 3 is 1.62 bits per heavy atom. The highest BCUT2D eigenvalue weighted by Gasteiger charge is 2.56. The van der Waals surface area contributed by atoms with Crippen LogP contribution < -0.4 is 9.80 Å². The number of likely N-dealkylation sites (N-methyl/N-ethyl adjacent to an activating group) is 1. The molecule has 0 N–H and O–H groups in total. The van der Waals surface area contributed by atoms with Crippen molar-refractivity contribution in [3.05, 3.63) is 131 Å². The van der Waals surface area contributed by atoms with Gasteiger partial charge in [-0.25, -0.2) is 0 Å². The van der Waals surface area contributed by atoms with Crippen molar-refractivity contribution in [3.8, 4) is 0 Å². The summed E-state index contributed by atoms with van der Waals surface area (Å²) >= 11 is 0. The Morgan fingerprint density at radius 2 is 1.16 bits per heavy atom. The lowest BCUT2D eigenvalue weighted by Crippen LogP contribution is -2.47. The van der Waals surface area contributed by atoms with Crippen molar-refractivity contribution in [2.75, 3.05) is 69.5 Å². The van der Waals surface area contributed by atoms with E-state index < -0.39 is 0 Å². The maximum atomic E-state index is 14.5. The fraction of sp³-hybridized carbons (Fsp3) is 0.395. The van der Waals surface area contributed by atoms with Gasteiger partial charge in [0, 0.05) is 62.0 Å². The second-order valence-corrected chi connectivity index (χ2v) is 14.9. The summed E-state index contributed by atoms with van der Waals surface area (Å²) in [7, 11) is 1.99. The maximum Gasteiger partial charge on any atom is 0.296 e. The molecule has 2 atom stereocenters. The summed E-state index contributed by atoms with van der Waals surface area (Å²) in [6, 6.07) is 39.1. The van der Waals surface area contributed by atoms with Crippen LogP contribution in [0.4, 0.5) is 11.4 Å². The Bertz CT molecular complexity index is 1690. The van der Waals surface area contributed by atoms with Crippen LogP contribution in [0, 0.1) is 5.41 Å². The third-order valence-electron chi connectivity index (χ3n) is 10.5. The first-order valence-electron chi connectivity index (χ1n) is 18.2. The number of nitrogens with zero attached hydrogens (tertiary/aromatic N) is 4. The van der Waals surface area contributed by atoms with E-state index in [4.69, 9.17) is 9.47 Å². The van der Waals surface area contributed by atoms with Crippen molar-refractivity contribution in [2.24, 2.45) is 5.41 Å². The highest BCUT2D eigenvalue weighted by molar-refractivity contribution is 6.05. The molecule has 7 nitrogen and oxygen atoms in total. The van der Waals surface area contributed by atoms with Crippen molar-refractivity contribution in [1.82, 2.24) is 4.90 Å². The van der Waals surface area contributed by atoms with Crippen molar-refractivity contribution in [3.63, 3.8) is 0 Å². The standard InChI is InChI=1S/C43H51N4O3/c1-43(2,3)42-44(4)41(48)38(31-32-11-7-5-8-12-32)47(42)40(35-13-9-6-10-14-35)39(33-15-19-36(20-16-33)45-23-27-49-28-24-45)34-17-21-37(22-18-34)46-25-29-50-30-26-46/h5-22,38-39,42H,23-31H2,1-4H3/q+1/b47-40-/t38-,42-/m0/s1. The molecule has 3 heterocycles. The Morgan fingerprint density at radius 1 is 0.700 bits per heavy atom. The first-order valence-corrected chi connectivity index (χ1v) is 18.2. The fourth-order valence-electron chi connectivity index (χ4n) is 8.13. The lowest BCUT2D eigenvalue weighted by molar-refractivity contribution is -0.600. The monoisotopic (exact) mass is 671 g/mol. The molecule has 3 aliphatic rings. The van der Waals surface area contributed by atoms with Crippen LogP contribution in [0.2, 0.25) is 0 Å². The maximum absolute atomic E-state index is 14.5. The smallest absolute Gasteiger partial charge is 0.296 e. The van der Waals surface area contributed by atoms with Gasteiger partial charge in [0.2, 0.25) is 12.2 Å². The van der Waals surface area contributed by atoms with E-state index >= 15 is 0 Å². The molecule has 0 unspecified atom stereocenters. The number of amides is 1. The minimum absolute atomic E-state index is 0.127. The molecule has 1 amide bonds. The van der Waals surface area contributed by atoms with E-state index in [9.17, 15) is 4.79 Å². The Balaban J connectivity index is 1.45. The normalized spacial score (nSPS) is 21.2. The van der Waals surface area contributed by atoms with Gasteiger partial charge >= 0.3 is 0 Å². The number of rotatable bonds is 8. The lowest BCUT2D eigenvalue weighted by Gasteiger charge is -2.32. The van der Waals surface area contributed by atoms with E-state index in [0.717, 1.165) is 69.4 Å². The Hall–Kier alpha value is -4.46. The quantitative estimate of drug-likeness (QED) is 0.202. The van der Waals surface area contributed by atoms with Crippen molar-refractivity contribution >= 4 is 23.0 Å². The van der Waals surface area contributed by atoms with E-state index in [-0.39, 0.29) is 29.4 Å². The van der Waals surface area contributed by atoms with E-state index in [0.29, 0.717) is 6.42 Å². The van der Waals surface area contributed by atoms with Crippen LogP contribution in [0.3, 0.4) is 0 Å². The SMILES string of the molecule is CN1C(=O)[C@H](Cc2ccccc2)/[N+](=C(\c2ccccc2)C(c2ccc(N3CCOCC3)cc2)c2ccc(N3CCOCC3)cc2)[C@H]1C(C)(C)C. The molecule has 260 valence electrons. The molecule has 4 aromatic rings. The van der Waals surface area contributed by atoms with Crippen molar-refractivity contribution in [2.45, 2.75) is 45.3 Å². The molecule has 0 saturated carbocycles. The number of ether oxygens (including phenoxy) is 2. The van der Waals surface area contributed by atoms with E-state index in [1.165, 1.54) is 22.5 Å². The molecule has 3 saturated heterocycles. The number of morpholine rings is 2. The number of anilines is 2. The summed E-state index contributed by atoms with van der Waals surface area (Å²) in [5, 5.41) is 0. The van der Waals surface area contributed by atoms with Gasteiger partial charge in [0.1, 0.15) is 0 Å². The van der Waals surface area contributed by atoms with Gasteiger partial charge in [-0.05, 0) is 53.1 Å². The minimum Gasteiger partial charge on any atom is -0.378 e. The summed E-state index contributed by atoms with van der Waals surface area (Å²) in [6.07, 6.45) is 0.479. The van der Waals surface area contributed by atoms with Crippen LogP contribution in [-0.2, 0) is 20.7 Å². The number of carbonyl (C=O) groups is 1. The molecule has 7 heteroatoms. The lowest BCUT2D eigenvalue weighted by atomic mass is 9.82. The third kappa shape index (κ3) is 7.07. The van der Waals surface area contributed by atoms with Gasteiger partial charge in [-0.15, -0.1) is 0 Å². The number of benzene rings is 4. The molecule has 0 aromatic heterocycles. The average Bonchev–Trinajstić information content (AvgIpc) is 3.40. The summed E-state index contributed by atoms with van der Waals surface area (Å²) in [4.78, 5) is 21.3. The van der Waals surface area contributed by atoms with Gasteiger partial charge in [0.15, 0.2) is 5.71 Å². The van der Waals surface area contributed by atoms with Crippen LogP contribution in [0.25, 0.3) is 0 Å². The molecule has 0 bridgehead atoms. The summed E-state index contributed by atoms with van der Waals surface area (Å²) in [5.41, 5.74) is 8.05. The molecule has 0 aliphatic carbocycles. The molecule has 0 spiro atoms. The summed E-state index contributed by atoms with van der Waals surface area (Å²) < 4.78 is 13.8. The fourth-order valence-corrected chi connectivity index (χ4v) is 8.13. The number of hydrogen-bond acceptors (Lipinski definition) is 5. The molecule has 7 rings (SSSR count). The molecule has 3 aliphatic heterocycles. The molecule has 50 heavy (non-hydrogen) atoms. The van der Waals surface area contributed by atoms with Gasteiger partial charge < -0.3 is 19.3 Å². The van der Waals surface area contributed by atoms with Crippen LogP contribution in [0.5, 0.6) is 0 Å². The Labute approximate surface area is 297 Å². The molecular formula is C43H51N4O3+. The van der Waals surface area contributed by atoms with Crippen LogP contribution >= 0.6 is 0 Å². The van der Waals surface area contributed by atoms with E-state index in [2.05, 4.69) is 138 Å². The zero-order valence-corrected chi connectivity index (χ0v) is 30.0. The number of carbonyl (C=O) groups excluding carboxylic acids is 1. The van der Waals surface area contributed by atoms with Crippen LogP contribution in [-0.4, -0.2) is 93.0 Å². The van der Waals surface area contributed by atoms with Crippen LogP contribution in [0.1, 0.15) is 48.9 Å². The van der Waals surface area contributed by atoms with Crippen LogP contribution in [0.15, 0.2) is 109 Å². The molecule has 3 fully saturated rings. The zero-order valence-electron chi connectivity index (χ0n) is 30.0. The predicted octanol–water partition coefficient (Wildman–Crippen LogP) is 6.45. The summed E-state index contributed by atoms with van der Waals surface area (Å²) in [5.74, 6) is 0.0311. The highest BCUT2D eigenvalue weighted by Crippen LogP contribution is 2.38. The molecule has 0 radical (unpaired) electrons. The van der Waals surface area contributed by atoms with Gasteiger partial charge in [-0.2, -0.15) is 4.58 Å². The second kappa shape index (κ2) is 14.8. The van der Waals surface area contributed by atoms with E-state index in [1.807, 2.05) is 18.0 Å². The first-order chi connectivity index (χ1) is 24.3. The zero-order chi connectivity index (χ0) is 34.7. The van der Waals surface area contributed by atoms with Crippen molar-refractivity contribution < 1.29 is 18.8 Å². The minimum atomic E-state index is -0.357. The largest absolute Gasteiger partial charge is 0.378 e. The average molecular weight is 672 g/mol. The predicted molar refractivity (Wildman–Crippen MR) is 202 cm³/mol. The second-order valence-electron chi connectivity index (χ2n) is 14.9. The topological polar surface area (TPSA) is 48.3 Å². The van der Waals surface area contributed by atoms with Gasteiger partial charge in [-0.1, -0.05) is 93.6 Å². The number of hydrogen-bond donors (Lipinski definition) is 0. The first kappa shape index (κ1) is 34.0. The third-order valence-corrected chi connectivity index (χ3v) is 10.5. The molecular weight excluding hydrogens is 620 g/mol. The van der Waals surface area contributed by atoms with Gasteiger partial charge in [0.25, 0.3) is 5.91 Å². The Kier molecular flexibility index (Phi) is 10.1. The summed E-state index contributed by atoms with van der Waals surface area (Å²) in [6.45, 7) is 13.3. The van der Waals surface area contributed by atoms with E-state index in [1.54, 1.807) is 0 Å². The van der Waals surface area contributed by atoms with Crippen molar-refractivity contribution in [1.29, 1.82) is 0 Å². The van der Waals surface area contributed by atoms with Gasteiger partial charge in [0.05, 0.1) is 32.3 Å².